The van der Waals surface area contributed by atoms with Crippen molar-refractivity contribution in [2.45, 2.75) is 11.8 Å². The van der Waals surface area contributed by atoms with Crippen molar-refractivity contribution < 1.29 is 4.39 Å². The molecule has 13 heavy (non-hydrogen) atoms. The lowest BCUT2D eigenvalue weighted by molar-refractivity contribution is 0.629. The monoisotopic (exact) mass is 195 g/mol. The molecule has 0 unspecified atom stereocenters. The van der Waals surface area contributed by atoms with Crippen molar-refractivity contribution in [2.75, 3.05) is 0 Å². The fourth-order valence-corrected chi connectivity index (χ4v) is 1.85. The summed E-state index contributed by atoms with van der Waals surface area (Å²) in [7, 11) is 1.95. The molecular weight excluding hydrogens is 185 g/mol. The minimum atomic E-state index is -0.214. The Kier molecular flexibility index (Phi) is 1.84. The highest BCUT2D eigenvalue weighted by Crippen LogP contribution is 2.28. The largest absolute Gasteiger partial charge is 0.347 e. The second kappa shape index (κ2) is 2.77. The van der Waals surface area contributed by atoms with Gasteiger partial charge in [-0.05, 0) is 25.1 Å². The second-order valence-corrected chi connectivity index (χ2v) is 3.60. The molecule has 0 fully saturated rings. The van der Waals surface area contributed by atoms with E-state index in [2.05, 4.69) is 12.6 Å². The number of thiol groups is 1. The lowest BCUT2D eigenvalue weighted by Gasteiger charge is -1.97. The molecule has 0 amide bonds. The van der Waals surface area contributed by atoms with Crippen molar-refractivity contribution in [3.8, 4) is 0 Å². The summed E-state index contributed by atoms with van der Waals surface area (Å²) < 4.78 is 14.9. The summed E-state index contributed by atoms with van der Waals surface area (Å²) in [4.78, 5) is 0.858. The van der Waals surface area contributed by atoms with Gasteiger partial charge in [-0.2, -0.15) is 0 Å². The zero-order valence-electron chi connectivity index (χ0n) is 7.50. The summed E-state index contributed by atoms with van der Waals surface area (Å²) in [5, 5.41) is 0.878. The quantitative estimate of drug-likeness (QED) is 0.617. The van der Waals surface area contributed by atoms with E-state index in [1.807, 2.05) is 18.5 Å². The summed E-state index contributed by atoms with van der Waals surface area (Å²) in [6.07, 6.45) is 0. The van der Waals surface area contributed by atoms with Crippen LogP contribution in [0, 0.1) is 12.7 Å². The van der Waals surface area contributed by atoms with Crippen molar-refractivity contribution in [3.63, 3.8) is 0 Å². The highest BCUT2D eigenvalue weighted by atomic mass is 32.1. The van der Waals surface area contributed by atoms with E-state index in [1.165, 1.54) is 12.1 Å². The first-order valence-electron chi connectivity index (χ1n) is 4.05. The molecule has 1 aromatic heterocycles. The maximum absolute atomic E-state index is 12.9. The molecule has 1 heterocycles. The van der Waals surface area contributed by atoms with E-state index < -0.39 is 0 Å². The Morgan fingerprint density at radius 3 is 2.77 bits per heavy atom. The highest BCUT2D eigenvalue weighted by molar-refractivity contribution is 7.80. The van der Waals surface area contributed by atoms with Crippen LogP contribution in [0.25, 0.3) is 10.9 Å². The first-order chi connectivity index (χ1) is 6.11. The van der Waals surface area contributed by atoms with Gasteiger partial charge in [0.2, 0.25) is 0 Å². The van der Waals surface area contributed by atoms with Crippen molar-refractivity contribution in [2.24, 2.45) is 7.05 Å². The van der Waals surface area contributed by atoms with Gasteiger partial charge < -0.3 is 4.57 Å². The molecule has 0 aliphatic heterocycles. The molecule has 0 saturated carbocycles. The third-order valence-electron chi connectivity index (χ3n) is 2.42. The molecule has 0 saturated heterocycles. The highest BCUT2D eigenvalue weighted by Gasteiger charge is 2.08. The lowest BCUT2D eigenvalue weighted by atomic mass is 10.2. The fraction of sp³-hybridized carbons (Fsp3) is 0.200. The molecular formula is C10H10FNS. The van der Waals surface area contributed by atoms with Gasteiger partial charge in [-0.15, -0.1) is 12.6 Å². The van der Waals surface area contributed by atoms with E-state index in [9.17, 15) is 4.39 Å². The van der Waals surface area contributed by atoms with Crippen LogP contribution in [0.4, 0.5) is 4.39 Å². The minimum Gasteiger partial charge on any atom is -0.347 e. The second-order valence-electron chi connectivity index (χ2n) is 3.15. The number of hydrogen-bond donors (Lipinski definition) is 1. The Labute approximate surface area is 81.6 Å². The number of benzene rings is 1. The van der Waals surface area contributed by atoms with Gasteiger partial charge in [0.05, 0.1) is 0 Å². The van der Waals surface area contributed by atoms with E-state index in [0.717, 1.165) is 21.5 Å². The molecule has 0 aliphatic carbocycles. The summed E-state index contributed by atoms with van der Waals surface area (Å²) in [6.45, 7) is 1.97. The van der Waals surface area contributed by atoms with Gasteiger partial charge in [0.25, 0.3) is 0 Å². The van der Waals surface area contributed by atoms with Crippen LogP contribution >= 0.6 is 12.6 Å². The zero-order valence-corrected chi connectivity index (χ0v) is 8.40. The van der Waals surface area contributed by atoms with Crippen LogP contribution in [0.2, 0.25) is 0 Å². The van der Waals surface area contributed by atoms with Crippen molar-refractivity contribution >= 4 is 23.5 Å². The minimum absolute atomic E-state index is 0.214. The molecule has 68 valence electrons. The van der Waals surface area contributed by atoms with Crippen LogP contribution in [-0.2, 0) is 7.05 Å². The average molecular weight is 195 g/mol. The molecule has 0 bridgehead atoms. The van der Waals surface area contributed by atoms with Crippen LogP contribution in [-0.4, -0.2) is 4.57 Å². The topological polar surface area (TPSA) is 4.93 Å². The number of aromatic nitrogens is 1. The van der Waals surface area contributed by atoms with Crippen LogP contribution in [0.15, 0.2) is 23.1 Å². The molecule has 0 N–H and O–H groups in total. The first-order valence-corrected chi connectivity index (χ1v) is 4.49. The number of hydrogen-bond acceptors (Lipinski definition) is 1. The Hall–Kier alpha value is -0.960. The van der Waals surface area contributed by atoms with Gasteiger partial charge >= 0.3 is 0 Å². The third-order valence-corrected chi connectivity index (χ3v) is 2.99. The Balaban J connectivity index is 2.95. The summed E-state index contributed by atoms with van der Waals surface area (Å²) in [5.41, 5.74) is 2.08. The number of rotatable bonds is 0. The standard InChI is InChI=1S/C10H10FNS/c1-6-10(13)8-5-7(11)3-4-9(8)12(6)2/h3-5,13H,1-2H3. The van der Waals surface area contributed by atoms with Gasteiger partial charge in [0.1, 0.15) is 5.82 Å². The molecule has 0 radical (unpaired) electrons. The normalized spacial score (nSPS) is 11.1. The van der Waals surface area contributed by atoms with Gasteiger partial charge in [0, 0.05) is 28.5 Å². The first kappa shape index (κ1) is 8.63. The summed E-state index contributed by atoms with van der Waals surface area (Å²) in [6, 6.07) is 4.76. The Morgan fingerprint density at radius 2 is 2.08 bits per heavy atom. The lowest BCUT2D eigenvalue weighted by Crippen LogP contribution is -1.89. The van der Waals surface area contributed by atoms with E-state index in [1.54, 1.807) is 6.07 Å². The number of halogens is 1. The molecule has 0 aliphatic rings. The van der Waals surface area contributed by atoms with Gasteiger partial charge in [-0.1, -0.05) is 0 Å². The zero-order chi connectivity index (χ0) is 9.59. The SMILES string of the molecule is Cc1c(S)c2cc(F)ccc2n1C. The van der Waals surface area contributed by atoms with Crippen LogP contribution < -0.4 is 0 Å². The molecule has 0 atom stereocenters. The molecule has 2 aromatic rings. The van der Waals surface area contributed by atoms with Crippen LogP contribution in [0.1, 0.15) is 5.69 Å². The van der Waals surface area contributed by atoms with Crippen molar-refractivity contribution in [1.82, 2.24) is 4.57 Å². The van der Waals surface area contributed by atoms with Crippen LogP contribution in [0.5, 0.6) is 0 Å². The Bertz CT molecular complexity index is 473. The van der Waals surface area contributed by atoms with Gasteiger partial charge in [0.15, 0.2) is 0 Å². The van der Waals surface area contributed by atoms with Gasteiger partial charge in [-0.3, -0.25) is 0 Å². The molecule has 3 heteroatoms. The fourth-order valence-electron chi connectivity index (χ4n) is 1.52. The van der Waals surface area contributed by atoms with Crippen LogP contribution in [0.3, 0.4) is 0 Å². The van der Waals surface area contributed by atoms with E-state index in [-0.39, 0.29) is 5.82 Å². The summed E-state index contributed by atoms with van der Waals surface area (Å²) in [5.74, 6) is -0.214. The maximum atomic E-state index is 12.9. The predicted octanol–water partition coefficient (Wildman–Crippen LogP) is 2.91. The smallest absolute Gasteiger partial charge is 0.123 e. The number of aryl methyl sites for hydroxylation is 1. The molecule has 1 aromatic carbocycles. The number of fused-ring (bicyclic) bond motifs is 1. The molecule has 1 nitrogen and oxygen atoms in total. The van der Waals surface area contributed by atoms with E-state index >= 15 is 0 Å². The van der Waals surface area contributed by atoms with E-state index in [0.29, 0.717) is 0 Å². The van der Waals surface area contributed by atoms with E-state index in [4.69, 9.17) is 0 Å². The number of nitrogens with zero attached hydrogens (tertiary/aromatic N) is 1. The molecule has 0 spiro atoms. The third kappa shape index (κ3) is 1.15. The molecule has 2 rings (SSSR count). The van der Waals surface area contributed by atoms with Crippen molar-refractivity contribution in [1.29, 1.82) is 0 Å². The van der Waals surface area contributed by atoms with Gasteiger partial charge in [-0.25, -0.2) is 4.39 Å². The van der Waals surface area contributed by atoms with Crippen molar-refractivity contribution in [3.05, 3.63) is 29.7 Å². The Morgan fingerprint density at radius 1 is 1.38 bits per heavy atom. The maximum Gasteiger partial charge on any atom is 0.123 e. The summed E-state index contributed by atoms with van der Waals surface area (Å²) >= 11 is 4.34. The predicted molar refractivity (Wildman–Crippen MR) is 54.9 cm³/mol. The average Bonchev–Trinajstić information content (AvgIpc) is 2.32.